The molecule has 2 aromatic rings. The van der Waals surface area contributed by atoms with Crippen LogP contribution in [0.1, 0.15) is 60.4 Å². The van der Waals surface area contributed by atoms with Gasteiger partial charge < -0.3 is 5.32 Å². The minimum absolute atomic E-state index is 0.157. The number of carbonyl (C=O) groups is 1. The fraction of sp³-hybridized carbons (Fsp3) is 0.480. The highest BCUT2D eigenvalue weighted by Crippen LogP contribution is 2.26. The van der Waals surface area contributed by atoms with Crippen LogP contribution in [0.2, 0.25) is 0 Å². The van der Waals surface area contributed by atoms with E-state index in [0.717, 1.165) is 43.0 Å². The molecule has 1 N–H and O–H groups in total. The lowest BCUT2D eigenvalue weighted by Gasteiger charge is -2.47. The summed E-state index contributed by atoms with van der Waals surface area (Å²) < 4.78 is 0. The van der Waals surface area contributed by atoms with Crippen LogP contribution in [0.25, 0.3) is 0 Å². The van der Waals surface area contributed by atoms with E-state index < -0.39 is 0 Å². The van der Waals surface area contributed by atoms with Crippen molar-refractivity contribution in [2.75, 3.05) is 25.0 Å². The predicted octanol–water partition coefficient (Wildman–Crippen LogP) is 4.13. The Bertz CT molecular complexity index is 985. The van der Waals surface area contributed by atoms with E-state index in [9.17, 15) is 10.1 Å². The van der Waals surface area contributed by atoms with Crippen molar-refractivity contribution in [2.45, 2.75) is 59.7 Å². The Kier molecular flexibility index (Phi) is 6.78. The maximum Gasteiger partial charge on any atom is 0.257 e. The molecule has 1 saturated heterocycles. The van der Waals surface area contributed by atoms with Gasteiger partial charge in [0.1, 0.15) is 0 Å². The molecule has 1 aliphatic heterocycles. The summed E-state index contributed by atoms with van der Waals surface area (Å²) >= 11 is 0. The minimum atomic E-state index is -0.218. The number of amides is 1. The molecule has 0 unspecified atom stereocenters. The molecule has 6 nitrogen and oxygen atoms in total. The molecule has 6 heteroatoms. The molecule has 3 rings (SSSR count). The fourth-order valence-electron chi connectivity index (χ4n) is 4.34. The van der Waals surface area contributed by atoms with Gasteiger partial charge in [-0.05, 0) is 76.9 Å². The van der Waals surface area contributed by atoms with Gasteiger partial charge in [0.15, 0.2) is 0 Å². The Morgan fingerprint density at radius 1 is 1.26 bits per heavy atom. The summed E-state index contributed by atoms with van der Waals surface area (Å²) in [5.74, 6) is -0.218. The first kappa shape index (κ1) is 22.9. The zero-order valence-corrected chi connectivity index (χ0v) is 19.5. The molecule has 0 radical (unpaired) electrons. The molecular formula is C25H33N5O. The van der Waals surface area contributed by atoms with Crippen molar-refractivity contribution in [3.05, 3.63) is 58.4 Å². The number of aromatic nitrogens is 1. The monoisotopic (exact) mass is 419 g/mol. The standard InChI is InChI=1S/C25H33N5O/c1-17-7-8-21(14-27-17)24(31)28-23-12-20(13-26)11-22(19(23)3)16-29-9-10-30(18(2)15-29)25(4,5)6/h7-8,11-12,14,18H,9-10,15-16H2,1-6H3,(H,28,31)/t18-/m0/s1. The summed E-state index contributed by atoms with van der Waals surface area (Å²) in [4.78, 5) is 21.9. The minimum Gasteiger partial charge on any atom is -0.322 e. The third-order valence-corrected chi connectivity index (χ3v) is 6.03. The first-order chi connectivity index (χ1) is 14.6. The van der Waals surface area contributed by atoms with Crippen LogP contribution in [0, 0.1) is 25.2 Å². The molecule has 1 aromatic carbocycles. The van der Waals surface area contributed by atoms with Gasteiger partial charge in [0.05, 0.1) is 17.2 Å². The Hall–Kier alpha value is -2.75. The average Bonchev–Trinajstić information content (AvgIpc) is 2.70. The van der Waals surface area contributed by atoms with E-state index in [0.29, 0.717) is 22.9 Å². The van der Waals surface area contributed by atoms with Crippen molar-refractivity contribution in [1.82, 2.24) is 14.8 Å². The Balaban J connectivity index is 1.78. The molecule has 1 aromatic heterocycles. The number of nitriles is 1. The summed E-state index contributed by atoms with van der Waals surface area (Å²) in [6.45, 7) is 16.7. The van der Waals surface area contributed by atoms with E-state index in [4.69, 9.17) is 0 Å². The summed E-state index contributed by atoms with van der Waals surface area (Å²) in [5.41, 5.74) is 4.83. The van der Waals surface area contributed by atoms with Crippen molar-refractivity contribution < 1.29 is 4.79 Å². The maximum absolute atomic E-state index is 12.7. The van der Waals surface area contributed by atoms with Crippen LogP contribution in [-0.4, -0.2) is 51.9 Å². The molecule has 2 heterocycles. The number of hydrogen-bond acceptors (Lipinski definition) is 5. The van der Waals surface area contributed by atoms with E-state index in [1.807, 2.05) is 26.0 Å². The van der Waals surface area contributed by atoms with Gasteiger partial charge in [0.25, 0.3) is 5.91 Å². The average molecular weight is 420 g/mol. The number of nitrogens with one attached hydrogen (secondary N) is 1. The largest absolute Gasteiger partial charge is 0.322 e. The Morgan fingerprint density at radius 2 is 2.00 bits per heavy atom. The molecule has 31 heavy (non-hydrogen) atoms. The summed E-state index contributed by atoms with van der Waals surface area (Å²) in [7, 11) is 0. The molecule has 164 valence electrons. The van der Waals surface area contributed by atoms with E-state index in [1.165, 1.54) is 0 Å². The third-order valence-electron chi connectivity index (χ3n) is 6.03. The molecular weight excluding hydrogens is 386 g/mol. The third kappa shape index (κ3) is 5.49. The van der Waals surface area contributed by atoms with Gasteiger partial charge in [-0.2, -0.15) is 5.26 Å². The van der Waals surface area contributed by atoms with Crippen LogP contribution in [0.15, 0.2) is 30.5 Å². The second-order valence-corrected chi connectivity index (χ2v) is 9.51. The second-order valence-electron chi connectivity index (χ2n) is 9.51. The lowest BCUT2D eigenvalue weighted by Crippen LogP contribution is -2.57. The van der Waals surface area contributed by atoms with Crippen LogP contribution in [-0.2, 0) is 6.54 Å². The lowest BCUT2D eigenvalue weighted by molar-refractivity contribution is 0.0151. The van der Waals surface area contributed by atoms with Crippen molar-refractivity contribution in [3.63, 3.8) is 0 Å². The number of hydrogen-bond donors (Lipinski definition) is 1. The first-order valence-electron chi connectivity index (χ1n) is 10.8. The van der Waals surface area contributed by atoms with Crippen molar-refractivity contribution in [3.8, 4) is 6.07 Å². The van der Waals surface area contributed by atoms with Crippen LogP contribution >= 0.6 is 0 Å². The van der Waals surface area contributed by atoms with Crippen LogP contribution < -0.4 is 5.32 Å². The van der Waals surface area contributed by atoms with E-state index >= 15 is 0 Å². The highest BCUT2D eigenvalue weighted by molar-refractivity contribution is 6.04. The number of anilines is 1. The lowest BCUT2D eigenvalue weighted by atomic mass is 9.99. The SMILES string of the molecule is Cc1ccc(C(=O)Nc2cc(C#N)cc(CN3CCN(C(C)(C)C)[C@@H](C)C3)c2C)cn1. The summed E-state index contributed by atoms with van der Waals surface area (Å²) in [6.07, 6.45) is 1.57. The highest BCUT2D eigenvalue weighted by atomic mass is 16.1. The van der Waals surface area contributed by atoms with Gasteiger partial charge in [0, 0.05) is 55.3 Å². The van der Waals surface area contributed by atoms with E-state index in [-0.39, 0.29) is 11.4 Å². The predicted molar refractivity (Wildman–Crippen MR) is 124 cm³/mol. The molecule has 1 atom stereocenters. The van der Waals surface area contributed by atoms with Gasteiger partial charge >= 0.3 is 0 Å². The normalized spacial score (nSPS) is 17.9. The van der Waals surface area contributed by atoms with Crippen molar-refractivity contribution >= 4 is 11.6 Å². The maximum atomic E-state index is 12.7. The molecule has 0 saturated carbocycles. The number of nitrogens with zero attached hydrogens (tertiary/aromatic N) is 4. The number of benzene rings is 1. The Labute approximate surface area is 185 Å². The van der Waals surface area contributed by atoms with Crippen molar-refractivity contribution in [1.29, 1.82) is 5.26 Å². The van der Waals surface area contributed by atoms with Crippen LogP contribution in [0.5, 0.6) is 0 Å². The van der Waals surface area contributed by atoms with Gasteiger partial charge in [-0.1, -0.05) is 0 Å². The van der Waals surface area contributed by atoms with Crippen molar-refractivity contribution in [2.24, 2.45) is 0 Å². The molecule has 0 bridgehead atoms. The van der Waals surface area contributed by atoms with Crippen LogP contribution in [0.3, 0.4) is 0 Å². The van der Waals surface area contributed by atoms with Gasteiger partial charge in [0.2, 0.25) is 0 Å². The Morgan fingerprint density at radius 3 is 2.58 bits per heavy atom. The van der Waals surface area contributed by atoms with Gasteiger partial charge in [-0.3, -0.25) is 19.6 Å². The molecule has 1 amide bonds. The summed E-state index contributed by atoms with van der Waals surface area (Å²) in [5, 5.41) is 12.5. The molecule has 1 fully saturated rings. The fourth-order valence-corrected chi connectivity index (χ4v) is 4.34. The number of rotatable bonds is 4. The van der Waals surface area contributed by atoms with E-state index in [2.05, 4.69) is 53.9 Å². The zero-order valence-electron chi connectivity index (χ0n) is 19.5. The molecule has 0 spiro atoms. The number of pyridine rings is 1. The molecule has 0 aliphatic carbocycles. The van der Waals surface area contributed by atoms with Crippen LogP contribution in [0.4, 0.5) is 5.69 Å². The summed E-state index contributed by atoms with van der Waals surface area (Å²) in [6, 6.07) is 9.97. The van der Waals surface area contributed by atoms with E-state index in [1.54, 1.807) is 18.3 Å². The quantitative estimate of drug-likeness (QED) is 0.807. The zero-order chi connectivity index (χ0) is 22.8. The molecule has 1 aliphatic rings. The first-order valence-corrected chi connectivity index (χ1v) is 10.8. The number of carbonyl (C=O) groups excluding carboxylic acids is 1. The second kappa shape index (κ2) is 9.17. The number of piperazine rings is 1. The van der Waals surface area contributed by atoms with Gasteiger partial charge in [-0.25, -0.2) is 0 Å². The smallest absolute Gasteiger partial charge is 0.257 e. The highest BCUT2D eigenvalue weighted by Gasteiger charge is 2.31. The van der Waals surface area contributed by atoms with Gasteiger partial charge in [-0.15, -0.1) is 0 Å². The number of aryl methyl sites for hydroxylation is 1. The topological polar surface area (TPSA) is 72.3 Å².